The lowest BCUT2D eigenvalue weighted by Gasteiger charge is -2.29. The van der Waals surface area contributed by atoms with E-state index in [1.807, 2.05) is 25.1 Å². The Hall–Kier alpha value is -1.55. The van der Waals surface area contributed by atoms with E-state index in [0.717, 1.165) is 24.2 Å². The first-order valence-corrected chi connectivity index (χ1v) is 7.87. The maximum atomic E-state index is 11.5. The van der Waals surface area contributed by atoms with E-state index in [4.69, 9.17) is 4.74 Å². The molecule has 114 valence electrons. The van der Waals surface area contributed by atoms with Gasteiger partial charge in [0, 0.05) is 12.6 Å². The van der Waals surface area contributed by atoms with Crippen molar-refractivity contribution in [1.29, 1.82) is 0 Å². The first kappa shape index (κ1) is 14.4. The number of ether oxygens (including phenoxy) is 1. The van der Waals surface area contributed by atoms with Crippen molar-refractivity contribution < 1.29 is 14.6 Å². The average Bonchev–Trinajstić information content (AvgIpc) is 3.06. The van der Waals surface area contributed by atoms with E-state index in [1.54, 1.807) is 0 Å². The van der Waals surface area contributed by atoms with E-state index in [-0.39, 0.29) is 12.0 Å². The Morgan fingerprint density at radius 2 is 2.19 bits per heavy atom. The molecule has 0 saturated heterocycles. The zero-order chi connectivity index (χ0) is 14.8. The standard InChI is InChI=1S/C17H23NO3/c1-2-21-14-5-3-4-11(8-14)10-18-16-13-7-6-12(9-13)15(16)17(19)20/h3-5,8,12-13,15-16,18H,2,6-7,9-10H2,1H3,(H,19,20). The van der Waals surface area contributed by atoms with Crippen LogP contribution in [0.5, 0.6) is 5.75 Å². The topological polar surface area (TPSA) is 58.6 Å². The summed E-state index contributed by atoms with van der Waals surface area (Å²) in [6.07, 6.45) is 3.33. The summed E-state index contributed by atoms with van der Waals surface area (Å²) in [6, 6.07) is 8.14. The summed E-state index contributed by atoms with van der Waals surface area (Å²) in [7, 11) is 0. The minimum atomic E-state index is -0.636. The van der Waals surface area contributed by atoms with Crippen LogP contribution in [0.4, 0.5) is 0 Å². The summed E-state index contributed by atoms with van der Waals surface area (Å²) < 4.78 is 5.51. The van der Waals surface area contributed by atoms with Gasteiger partial charge in [-0.3, -0.25) is 4.79 Å². The first-order valence-electron chi connectivity index (χ1n) is 7.87. The lowest BCUT2D eigenvalue weighted by Crippen LogP contribution is -2.43. The van der Waals surface area contributed by atoms with Gasteiger partial charge in [0.05, 0.1) is 12.5 Å². The van der Waals surface area contributed by atoms with Gasteiger partial charge in [-0.1, -0.05) is 12.1 Å². The van der Waals surface area contributed by atoms with E-state index in [1.165, 1.54) is 6.42 Å². The van der Waals surface area contributed by atoms with Gasteiger partial charge in [0.2, 0.25) is 0 Å². The second kappa shape index (κ2) is 6.06. The van der Waals surface area contributed by atoms with Crippen LogP contribution in [0.2, 0.25) is 0 Å². The van der Waals surface area contributed by atoms with E-state index in [9.17, 15) is 9.90 Å². The molecule has 2 bridgehead atoms. The molecule has 2 aliphatic carbocycles. The van der Waals surface area contributed by atoms with Crippen LogP contribution in [-0.2, 0) is 11.3 Å². The van der Waals surface area contributed by atoms with Crippen molar-refractivity contribution in [3.8, 4) is 5.75 Å². The van der Waals surface area contributed by atoms with Crippen LogP contribution in [0.15, 0.2) is 24.3 Å². The van der Waals surface area contributed by atoms with E-state index in [0.29, 0.717) is 25.0 Å². The number of carboxylic acid groups (broad SMARTS) is 1. The Labute approximate surface area is 125 Å². The summed E-state index contributed by atoms with van der Waals surface area (Å²) in [6.45, 7) is 3.33. The van der Waals surface area contributed by atoms with E-state index >= 15 is 0 Å². The largest absolute Gasteiger partial charge is 0.494 e. The fourth-order valence-electron chi connectivity index (χ4n) is 4.09. The van der Waals surface area contributed by atoms with Gasteiger partial charge in [-0.25, -0.2) is 0 Å². The second-order valence-electron chi connectivity index (χ2n) is 6.18. The maximum Gasteiger partial charge on any atom is 0.308 e. The zero-order valence-corrected chi connectivity index (χ0v) is 12.4. The Morgan fingerprint density at radius 3 is 2.95 bits per heavy atom. The van der Waals surface area contributed by atoms with Gasteiger partial charge in [0.25, 0.3) is 0 Å². The van der Waals surface area contributed by atoms with Gasteiger partial charge < -0.3 is 15.2 Å². The molecule has 21 heavy (non-hydrogen) atoms. The lowest BCUT2D eigenvalue weighted by molar-refractivity contribution is -0.144. The van der Waals surface area contributed by atoms with Gasteiger partial charge in [-0.05, 0) is 55.7 Å². The number of nitrogens with one attached hydrogen (secondary N) is 1. The number of carbonyl (C=O) groups is 1. The molecular weight excluding hydrogens is 266 g/mol. The molecule has 0 spiro atoms. The Balaban J connectivity index is 1.64. The normalized spacial score (nSPS) is 30.5. The molecule has 2 saturated carbocycles. The second-order valence-corrected chi connectivity index (χ2v) is 6.18. The van der Waals surface area contributed by atoms with Crippen LogP contribution in [0.25, 0.3) is 0 Å². The van der Waals surface area contributed by atoms with E-state index < -0.39 is 5.97 Å². The fourth-order valence-corrected chi connectivity index (χ4v) is 4.09. The third kappa shape index (κ3) is 2.91. The van der Waals surface area contributed by atoms with Crippen molar-refractivity contribution >= 4 is 5.97 Å². The summed E-state index contributed by atoms with van der Waals surface area (Å²) in [5.74, 6) is 0.937. The fraction of sp³-hybridized carbons (Fsp3) is 0.588. The molecule has 0 amide bonds. The van der Waals surface area contributed by atoms with Crippen molar-refractivity contribution in [2.75, 3.05) is 6.61 Å². The Morgan fingerprint density at radius 1 is 1.38 bits per heavy atom. The highest BCUT2D eigenvalue weighted by Gasteiger charge is 2.50. The molecule has 0 aromatic heterocycles. The summed E-state index contributed by atoms with van der Waals surface area (Å²) in [5, 5.41) is 13.0. The molecule has 1 aromatic carbocycles. The van der Waals surface area contributed by atoms with Crippen LogP contribution < -0.4 is 10.1 Å². The minimum absolute atomic E-state index is 0.122. The predicted molar refractivity (Wildman–Crippen MR) is 80.2 cm³/mol. The van der Waals surface area contributed by atoms with Crippen LogP contribution >= 0.6 is 0 Å². The monoisotopic (exact) mass is 289 g/mol. The van der Waals surface area contributed by atoms with Crippen LogP contribution in [0.3, 0.4) is 0 Å². The van der Waals surface area contributed by atoms with Crippen LogP contribution in [0.1, 0.15) is 31.7 Å². The highest BCUT2D eigenvalue weighted by molar-refractivity contribution is 5.72. The number of hydrogen-bond donors (Lipinski definition) is 2. The Kier molecular flexibility index (Phi) is 4.15. The van der Waals surface area contributed by atoms with Crippen molar-refractivity contribution in [3.63, 3.8) is 0 Å². The van der Waals surface area contributed by atoms with Crippen molar-refractivity contribution in [2.45, 2.75) is 38.8 Å². The van der Waals surface area contributed by atoms with Crippen LogP contribution in [-0.4, -0.2) is 23.7 Å². The Bertz CT molecular complexity index is 517. The zero-order valence-electron chi connectivity index (χ0n) is 12.4. The molecule has 2 N–H and O–H groups in total. The SMILES string of the molecule is CCOc1cccc(CNC2C3CCC(C3)C2C(=O)O)c1. The molecule has 2 aliphatic rings. The van der Waals surface area contributed by atoms with Gasteiger partial charge in [-0.15, -0.1) is 0 Å². The molecule has 2 fully saturated rings. The molecule has 3 rings (SSSR count). The highest BCUT2D eigenvalue weighted by atomic mass is 16.5. The lowest BCUT2D eigenvalue weighted by atomic mass is 9.84. The molecule has 0 heterocycles. The summed E-state index contributed by atoms with van der Waals surface area (Å²) >= 11 is 0. The molecule has 4 atom stereocenters. The number of carboxylic acids is 1. The molecule has 1 aromatic rings. The summed E-state index contributed by atoms with van der Waals surface area (Å²) in [4.78, 5) is 11.5. The molecule has 0 radical (unpaired) electrons. The van der Waals surface area contributed by atoms with Crippen molar-refractivity contribution in [2.24, 2.45) is 17.8 Å². The number of benzene rings is 1. The number of fused-ring (bicyclic) bond motifs is 2. The average molecular weight is 289 g/mol. The first-order chi connectivity index (χ1) is 10.2. The highest BCUT2D eigenvalue weighted by Crippen LogP contribution is 2.48. The van der Waals surface area contributed by atoms with E-state index in [2.05, 4.69) is 11.4 Å². The molecule has 4 heteroatoms. The number of rotatable bonds is 6. The predicted octanol–water partition coefficient (Wildman–Crippen LogP) is 2.67. The maximum absolute atomic E-state index is 11.5. The van der Waals surface area contributed by atoms with Gasteiger partial charge in [0.15, 0.2) is 0 Å². The molecule has 4 nitrogen and oxygen atoms in total. The van der Waals surface area contributed by atoms with Crippen molar-refractivity contribution in [3.05, 3.63) is 29.8 Å². The molecular formula is C17H23NO3. The third-order valence-electron chi connectivity index (χ3n) is 4.95. The van der Waals surface area contributed by atoms with Gasteiger partial charge in [-0.2, -0.15) is 0 Å². The smallest absolute Gasteiger partial charge is 0.308 e. The number of aliphatic carboxylic acids is 1. The number of hydrogen-bond acceptors (Lipinski definition) is 3. The van der Waals surface area contributed by atoms with Gasteiger partial charge in [0.1, 0.15) is 5.75 Å². The summed E-state index contributed by atoms with van der Waals surface area (Å²) in [5.41, 5.74) is 1.15. The van der Waals surface area contributed by atoms with Crippen molar-refractivity contribution in [1.82, 2.24) is 5.32 Å². The van der Waals surface area contributed by atoms with Gasteiger partial charge >= 0.3 is 5.97 Å². The molecule has 4 unspecified atom stereocenters. The molecule has 0 aliphatic heterocycles. The minimum Gasteiger partial charge on any atom is -0.494 e. The quantitative estimate of drug-likeness (QED) is 0.845. The third-order valence-corrected chi connectivity index (χ3v) is 4.95. The van der Waals surface area contributed by atoms with Crippen LogP contribution in [0, 0.1) is 17.8 Å².